The van der Waals surface area contributed by atoms with Crippen molar-refractivity contribution >= 4 is 0 Å². The summed E-state index contributed by atoms with van der Waals surface area (Å²) in [6, 6.07) is 4.14. The molecule has 0 amide bonds. The number of aromatic amines is 1. The lowest BCUT2D eigenvalue weighted by molar-refractivity contribution is 0.237. The summed E-state index contributed by atoms with van der Waals surface area (Å²) < 4.78 is 0. The van der Waals surface area contributed by atoms with E-state index in [9.17, 15) is 0 Å². The molecule has 2 N–H and O–H groups in total. The summed E-state index contributed by atoms with van der Waals surface area (Å²) in [6.07, 6.45) is 1.96. The molecule has 14 heavy (non-hydrogen) atoms. The second-order valence-corrected chi connectivity index (χ2v) is 4.94. The smallest absolute Gasteiger partial charge is 0.0357 e. The summed E-state index contributed by atoms with van der Waals surface area (Å²) >= 11 is 0. The van der Waals surface area contributed by atoms with Crippen LogP contribution in [0.25, 0.3) is 0 Å². The monoisotopic (exact) mass is 194 g/mol. The van der Waals surface area contributed by atoms with Crippen molar-refractivity contribution in [1.29, 1.82) is 0 Å². The van der Waals surface area contributed by atoms with Crippen LogP contribution < -0.4 is 5.32 Å². The average molecular weight is 194 g/mol. The van der Waals surface area contributed by atoms with Gasteiger partial charge in [0, 0.05) is 25.0 Å². The lowest BCUT2D eigenvalue weighted by Gasteiger charge is -2.29. The standard InChI is InChI=1S/C12H22N2/c1-10(2)12(3,4)9-13-8-11-6-5-7-14-11/h5-7,10,13-14H,8-9H2,1-4H3. The van der Waals surface area contributed by atoms with Gasteiger partial charge in [0.25, 0.3) is 0 Å². The van der Waals surface area contributed by atoms with Crippen molar-refractivity contribution in [3.63, 3.8) is 0 Å². The Bertz CT molecular complexity index is 247. The maximum atomic E-state index is 3.48. The Hall–Kier alpha value is -0.760. The predicted octanol–water partition coefficient (Wildman–Crippen LogP) is 2.79. The van der Waals surface area contributed by atoms with Crippen LogP contribution >= 0.6 is 0 Å². The van der Waals surface area contributed by atoms with Gasteiger partial charge in [0.15, 0.2) is 0 Å². The molecule has 0 unspecified atom stereocenters. The average Bonchev–Trinajstić information content (AvgIpc) is 2.56. The van der Waals surface area contributed by atoms with E-state index in [4.69, 9.17) is 0 Å². The first-order chi connectivity index (χ1) is 6.52. The van der Waals surface area contributed by atoms with E-state index in [1.807, 2.05) is 12.3 Å². The molecule has 1 aromatic rings. The molecule has 0 aliphatic rings. The fourth-order valence-electron chi connectivity index (χ4n) is 1.20. The Labute approximate surface area is 87.1 Å². The molecule has 0 spiro atoms. The van der Waals surface area contributed by atoms with Gasteiger partial charge in [-0.25, -0.2) is 0 Å². The molecule has 0 saturated heterocycles. The van der Waals surface area contributed by atoms with Crippen LogP contribution in [-0.4, -0.2) is 11.5 Å². The van der Waals surface area contributed by atoms with Crippen LogP contribution in [0, 0.1) is 11.3 Å². The molecule has 1 heterocycles. The molecule has 2 heteroatoms. The largest absolute Gasteiger partial charge is 0.364 e. The van der Waals surface area contributed by atoms with Crippen molar-refractivity contribution in [2.75, 3.05) is 6.54 Å². The number of hydrogen-bond donors (Lipinski definition) is 2. The first-order valence-corrected chi connectivity index (χ1v) is 5.35. The van der Waals surface area contributed by atoms with E-state index < -0.39 is 0 Å². The number of nitrogens with one attached hydrogen (secondary N) is 2. The molecular weight excluding hydrogens is 172 g/mol. The van der Waals surface area contributed by atoms with E-state index in [0.29, 0.717) is 11.3 Å². The molecule has 2 nitrogen and oxygen atoms in total. The topological polar surface area (TPSA) is 27.8 Å². The van der Waals surface area contributed by atoms with Crippen molar-refractivity contribution in [3.8, 4) is 0 Å². The predicted molar refractivity (Wildman–Crippen MR) is 61.1 cm³/mol. The molecule has 80 valence electrons. The van der Waals surface area contributed by atoms with Gasteiger partial charge in [-0.1, -0.05) is 27.7 Å². The fourth-order valence-corrected chi connectivity index (χ4v) is 1.20. The van der Waals surface area contributed by atoms with Gasteiger partial charge < -0.3 is 10.3 Å². The normalized spacial score (nSPS) is 12.4. The molecule has 0 saturated carbocycles. The van der Waals surface area contributed by atoms with Crippen molar-refractivity contribution in [2.45, 2.75) is 34.2 Å². The Morgan fingerprint density at radius 1 is 1.43 bits per heavy atom. The van der Waals surface area contributed by atoms with E-state index in [-0.39, 0.29) is 0 Å². The van der Waals surface area contributed by atoms with Gasteiger partial charge in [-0.05, 0) is 23.5 Å². The second-order valence-electron chi connectivity index (χ2n) is 4.94. The van der Waals surface area contributed by atoms with Crippen LogP contribution in [0.3, 0.4) is 0 Å². The Morgan fingerprint density at radius 3 is 2.64 bits per heavy atom. The van der Waals surface area contributed by atoms with Gasteiger partial charge >= 0.3 is 0 Å². The van der Waals surface area contributed by atoms with Crippen LogP contribution in [0.5, 0.6) is 0 Å². The third-order valence-corrected chi connectivity index (χ3v) is 3.12. The summed E-state index contributed by atoms with van der Waals surface area (Å²) in [6.45, 7) is 11.2. The molecule has 1 aromatic heterocycles. The Balaban J connectivity index is 2.28. The zero-order valence-electron chi connectivity index (χ0n) is 9.72. The third kappa shape index (κ3) is 3.18. The van der Waals surface area contributed by atoms with Gasteiger partial charge in [-0.15, -0.1) is 0 Å². The van der Waals surface area contributed by atoms with Crippen LogP contribution in [0.15, 0.2) is 18.3 Å². The quantitative estimate of drug-likeness (QED) is 0.741. The van der Waals surface area contributed by atoms with Gasteiger partial charge in [0.2, 0.25) is 0 Å². The minimum absolute atomic E-state index is 0.368. The van der Waals surface area contributed by atoms with E-state index in [1.54, 1.807) is 0 Å². The summed E-state index contributed by atoms with van der Waals surface area (Å²) in [5.41, 5.74) is 1.62. The number of H-pyrrole nitrogens is 1. The van der Waals surface area contributed by atoms with Gasteiger partial charge in [-0.3, -0.25) is 0 Å². The number of hydrogen-bond acceptors (Lipinski definition) is 1. The second kappa shape index (κ2) is 4.65. The first kappa shape index (κ1) is 11.3. The van der Waals surface area contributed by atoms with Crippen molar-refractivity contribution in [1.82, 2.24) is 10.3 Å². The highest BCUT2D eigenvalue weighted by Gasteiger charge is 2.21. The van der Waals surface area contributed by atoms with Crippen LogP contribution in [0.1, 0.15) is 33.4 Å². The molecule has 0 fully saturated rings. The van der Waals surface area contributed by atoms with E-state index in [0.717, 1.165) is 13.1 Å². The number of aromatic nitrogens is 1. The lowest BCUT2D eigenvalue weighted by atomic mass is 9.81. The molecule has 0 bridgehead atoms. The van der Waals surface area contributed by atoms with Gasteiger partial charge in [0.1, 0.15) is 0 Å². The van der Waals surface area contributed by atoms with Crippen molar-refractivity contribution in [3.05, 3.63) is 24.0 Å². The van der Waals surface area contributed by atoms with E-state index >= 15 is 0 Å². The molecule has 0 aliphatic carbocycles. The van der Waals surface area contributed by atoms with Crippen molar-refractivity contribution < 1.29 is 0 Å². The molecular formula is C12H22N2. The van der Waals surface area contributed by atoms with Gasteiger partial charge in [-0.2, -0.15) is 0 Å². The van der Waals surface area contributed by atoms with Crippen molar-refractivity contribution in [2.24, 2.45) is 11.3 Å². The van der Waals surface area contributed by atoms with Crippen LogP contribution in [0.4, 0.5) is 0 Å². The minimum Gasteiger partial charge on any atom is -0.364 e. The zero-order chi connectivity index (χ0) is 10.6. The first-order valence-electron chi connectivity index (χ1n) is 5.35. The molecule has 0 aromatic carbocycles. The third-order valence-electron chi connectivity index (χ3n) is 3.12. The molecule has 0 aliphatic heterocycles. The maximum absolute atomic E-state index is 3.48. The molecule has 0 radical (unpaired) electrons. The van der Waals surface area contributed by atoms with Crippen LogP contribution in [-0.2, 0) is 6.54 Å². The van der Waals surface area contributed by atoms with Crippen LogP contribution in [0.2, 0.25) is 0 Å². The summed E-state index contributed by atoms with van der Waals surface area (Å²) in [5, 5.41) is 3.48. The van der Waals surface area contributed by atoms with E-state index in [2.05, 4.69) is 44.1 Å². The maximum Gasteiger partial charge on any atom is 0.0357 e. The zero-order valence-corrected chi connectivity index (χ0v) is 9.72. The number of rotatable bonds is 5. The Kier molecular flexibility index (Phi) is 3.76. The minimum atomic E-state index is 0.368. The summed E-state index contributed by atoms with van der Waals surface area (Å²) in [4.78, 5) is 3.19. The summed E-state index contributed by atoms with van der Waals surface area (Å²) in [5.74, 6) is 0.707. The Morgan fingerprint density at radius 2 is 2.14 bits per heavy atom. The SMILES string of the molecule is CC(C)C(C)(C)CNCc1ccc[nH]1. The highest BCUT2D eigenvalue weighted by molar-refractivity contribution is 5.02. The molecule has 0 atom stereocenters. The lowest BCUT2D eigenvalue weighted by Crippen LogP contribution is -2.33. The highest BCUT2D eigenvalue weighted by atomic mass is 14.9. The molecule has 1 rings (SSSR count). The van der Waals surface area contributed by atoms with Gasteiger partial charge in [0.05, 0.1) is 0 Å². The summed E-state index contributed by atoms with van der Waals surface area (Å²) in [7, 11) is 0. The van der Waals surface area contributed by atoms with E-state index in [1.165, 1.54) is 5.69 Å². The fraction of sp³-hybridized carbons (Fsp3) is 0.667. The highest BCUT2D eigenvalue weighted by Crippen LogP contribution is 2.24.